The molecule has 8 heteroatoms. The molecule has 0 spiro atoms. The number of benzene rings is 2. The maximum atomic E-state index is 13.3. The number of fused-ring (bicyclic) bond motifs is 1. The van der Waals surface area contributed by atoms with Gasteiger partial charge in [-0.3, -0.25) is 19.5 Å². The van der Waals surface area contributed by atoms with Gasteiger partial charge in [-0.1, -0.05) is 42.5 Å². The first-order valence-corrected chi connectivity index (χ1v) is 12.1. The van der Waals surface area contributed by atoms with Crippen LogP contribution < -0.4 is 9.64 Å². The number of amides is 1. The fourth-order valence-corrected chi connectivity index (χ4v) is 5.20. The fourth-order valence-electron chi connectivity index (χ4n) is 4.11. The van der Waals surface area contributed by atoms with Gasteiger partial charge in [-0.05, 0) is 54.8 Å². The molecule has 1 fully saturated rings. The first-order valence-electron chi connectivity index (χ1n) is 11.3. The lowest BCUT2D eigenvalue weighted by Gasteiger charge is -2.22. The predicted octanol–water partition coefficient (Wildman–Crippen LogP) is 5.41. The van der Waals surface area contributed by atoms with Crippen LogP contribution in [0.5, 0.6) is 5.75 Å². The van der Waals surface area contributed by atoms with Gasteiger partial charge in [0.2, 0.25) is 0 Å². The number of rotatable bonds is 6. The van der Waals surface area contributed by atoms with Crippen molar-refractivity contribution in [3.05, 3.63) is 89.3 Å². The third-order valence-electron chi connectivity index (χ3n) is 5.76. The molecule has 1 unspecified atom stereocenters. The summed E-state index contributed by atoms with van der Waals surface area (Å²) in [6.07, 6.45) is 4.05. The number of aromatic nitrogens is 2. The van der Waals surface area contributed by atoms with Gasteiger partial charge in [-0.15, -0.1) is 0 Å². The highest BCUT2D eigenvalue weighted by Crippen LogP contribution is 2.44. The van der Waals surface area contributed by atoms with Crippen molar-refractivity contribution in [1.29, 1.82) is 0 Å². The van der Waals surface area contributed by atoms with E-state index in [-0.39, 0.29) is 11.3 Å². The zero-order valence-corrected chi connectivity index (χ0v) is 20.1. The molecule has 0 radical (unpaired) electrons. The Kier molecular flexibility index (Phi) is 6.05. The van der Waals surface area contributed by atoms with Gasteiger partial charge >= 0.3 is 5.91 Å². The summed E-state index contributed by atoms with van der Waals surface area (Å²) in [6.45, 7) is 4.52. The van der Waals surface area contributed by atoms with E-state index in [1.54, 1.807) is 48.8 Å². The second-order valence-corrected chi connectivity index (χ2v) is 9.31. The lowest BCUT2D eigenvalue weighted by molar-refractivity contribution is -0.132. The van der Waals surface area contributed by atoms with E-state index in [9.17, 15) is 14.7 Å². The molecule has 4 aromatic rings. The number of ketones is 1. The van der Waals surface area contributed by atoms with Crippen LogP contribution in [0.2, 0.25) is 0 Å². The third-order valence-corrected chi connectivity index (χ3v) is 6.78. The number of nitrogens with zero attached hydrogens (tertiary/aromatic N) is 3. The summed E-state index contributed by atoms with van der Waals surface area (Å²) in [5.74, 6) is -1.20. The molecule has 0 bridgehead atoms. The summed E-state index contributed by atoms with van der Waals surface area (Å²) in [6, 6.07) is 15.4. The quantitative estimate of drug-likeness (QED) is 0.223. The van der Waals surface area contributed by atoms with Crippen molar-refractivity contribution in [3.8, 4) is 5.75 Å². The van der Waals surface area contributed by atoms with Gasteiger partial charge in [0.05, 0.1) is 28.4 Å². The van der Waals surface area contributed by atoms with Gasteiger partial charge in [0.25, 0.3) is 5.78 Å². The highest BCUT2D eigenvalue weighted by atomic mass is 32.1. The maximum absolute atomic E-state index is 13.3. The normalized spacial score (nSPS) is 17.3. The summed E-state index contributed by atoms with van der Waals surface area (Å²) in [5, 5.41) is 11.7. The van der Waals surface area contributed by atoms with Crippen molar-refractivity contribution in [2.45, 2.75) is 26.3 Å². The van der Waals surface area contributed by atoms with Crippen LogP contribution in [0.3, 0.4) is 0 Å². The smallest absolute Gasteiger partial charge is 0.301 e. The van der Waals surface area contributed by atoms with Crippen LogP contribution >= 0.6 is 11.3 Å². The van der Waals surface area contributed by atoms with E-state index in [4.69, 9.17) is 4.74 Å². The number of carbonyl (C=O) groups is 2. The van der Waals surface area contributed by atoms with E-state index in [1.807, 2.05) is 32.0 Å². The molecule has 1 aliphatic rings. The number of hydrogen-bond donors (Lipinski definition) is 1. The summed E-state index contributed by atoms with van der Waals surface area (Å²) >= 11 is 1.33. The molecule has 3 heterocycles. The molecule has 2 aromatic heterocycles. The van der Waals surface area contributed by atoms with Gasteiger partial charge in [0.15, 0.2) is 5.13 Å². The number of Topliss-reactive ketones (excluding diaryl/α,β-unsaturated/α-hetero) is 1. The monoisotopic (exact) mass is 485 g/mol. The number of ether oxygens (including phenoxy) is 1. The van der Waals surface area contributed by atoms with Crippen LogP contribution in [-0.2, 0) is 9.59 Å². The molecule has 1 saturated heterocycles. The number of pyridine rings is 1. The highest BCUT2D eigenvalue weighted by molar-refractivity contribution is 7.22. The zero-order valence-electron chi connectivity index (χ0n) is 19.3. The number of aliphatic hydroxyl groups is 1. The minimum atomic E-state index is -0.870. The molecule has 35 heavy (non-hydrogen) atoms. The van der Waals surface area contributed by atoms with Gasteiger partial charge in [0, 0.05) is 18.0 Å². The van der Waals surface area contributed by atoms with Gasteiger partial charge in [0.1, 0.15) is 11.5 Å². The summed E-state index contributed by atoms with van der Waals surface area (Å²) in [5.41, 5.74) is 2.80. The SMILES string of the molecule is CCCOc1cccc(C(O)=C2C(=O)C(=O)N(c3nc4ccc(C)cc4s3)C2c2cccnc2)c1. The van der Waals surface area contributed by atoms with Gasteiger partial charge in [-0.2, -0.15) is 0 Å². The summed E-state index contributed by atoms with van der Waals surface area (Å²) < 4.78 is 6.60. The van der Waals surface area contributed by atoms with Crippen molar-refractivity contribution < 1.29 is 19.4 Å². The fraction of sp³-hybridized carbons (Fsp3) is 0.185. The Hall–Kier alpha value is -4.04. The molecule has 1 atom stereocenters. The summed E-state index contributed by atoms with van der Waals surface area (Å²) in [4.78, 5) is 36.9. The molecule has 1 aliphatic heterocycles. The Morgan fingerprint density at radius 3 is 2.77 bits per heavy atom. The minimum Gasteiger partial charge on any atom is -0.507 e. The average Bonchev–Trinajstić information content (AvgIpc) is 3.40. The molecule has 5 rings (SSSR count). The topological polar surface area (TPSA) is 92.6 Å². The van der Waals surface area contributed by atoms with E-state index in [0.29, 0.717) is 28.6 Å². The van der Waals surface area contributed by atoms with Crippen molar-refractivity contribution in [2.24, 2.45) is 0 Å². The Morgan fingerprint density at radius 1 is 1.14 bits per heavy atom. The second kappa shape index (κ2) is 9.31. The number of aryl methyl sites for hydroxylation is 1. The predicted molar refractivity (Wildman–Crippen MR) is 136 cm³/mol. The van der Waals surface area contributed by atoms with Crippen LogP contribution in [0.1, 0.15) is 36.1 Å². The number of carbonyl (C=O) groups excluding carboxylic acids is 2. The molecule has 0 saturated carbocycles. The van der Waals surface area contributed by atoms with Crippen LogP contribution in [-0.4, -0.2) is 33.4 Å². The van der Waals surface area contributed by atoms with Gasteiger partial charge < -0.3 is 9.84 Å². The van der Waals surface area contributed by atoms with E-state index >= 15 is 0 Å². The highest BCUT2D eigenvalue weighted by Gasteiger charge is 2.48. The van der Waals surface area contributed by atoms with E-state index in [0.717, 1.165) is 22.2 Å². The standard InChI is InChI=1S/C27H23N3O4S/c1-3-12-34-19-8-4-6-17(14-19)24(31)22-23(18-7-5-11-28-15-18)30(26(33)25(22)32)27-29-20-10-9-16(2)13-21(20)35-27/h4-11,13-15,23,31H,3,12H2,1-2H3. The Labute approximate surface area is 206 Å². The van der Waals surface area contributed by atoms with Crippen molar-refractivity contribution in [1.82, 2.24) is 9.97 Å². The Balaban J connectivity index is 1.67. The minimum absolute atomic E-state index is 0.00826. The van der Waals surface area contributed by atoms with Gasteiger partial charge in [-0.25, -0.2) is 4.98 Å². The van der Waals surface area contributed by atoms with Crippen LogP contribution in [0.15, 0.2) is 72.6 Å². The Morgan fingerprint density at radius 2 is 2.00 bits per heavy atom. The van der Waals surface area contributed by atoms with E-state index < -0.39 is 17.7 Å². The molecule has 176 valence electrons. The molecule has 0 aliphatic carbocycles. The number of anilines is 1. The first-order chi connectivity index (χ1) is 17.0. The zero-order chi connectivity index (χ0) is 24.5. The lowest BCUT2D eigenvalue weighted by atomic mass is 9.96. The molecule has 2 aromatic carbocycles. The van der Waals surface area contributed by atoms with Crippen LogP contribution in [0, 0.1) is 6.92 Å². The molecule has 1 amide bonds. The van der Waals surface area contributed by atoms with E-state index in [1.165, 1.54) is 16.2 Å². The van der Waals surface area contributed by atoms with Crippen molar-refractivity contribution in [2.75, 3.05) is 11.5 Å². The van der Waals surface area contributed by atoms with Crippen LogP contribution in [0.25, 0.3) is 16.0 Å². The number of thiazole rings is 1. The Bertz CT molecular complexity index is 1460. The molecule has 1 N–H and O–H groups in total. The second-order valence-electron chi connectivity index (χ2n) is 8.30. The third kappa shape index (κ3) is 4.17. The number of aliphatic hydroxyl groups excluding tert-OH is 1. The first kappa shape index (κ1) is 22.7. The van der Waals surface area contributed by atoms with E-state index in [2.05, 4.69) is 9.97 Å². The number of hydrogen-bond acceptors (Lipinski definition) is 7. The van der Waals surface area contributed by atoms with Crippen molar-refractivity contribution >= 4 is 44.1 Å². The largest absolute Gasteiger partial charge is 0.507 e. The summed E-state index contributed by atoms with van der Waals surface area (Å²) in [7, 11) is 0. The lowest BCUT2D eigenvalue weighted by Crippen LogP contribution is -2.29. The maximum Gasteiger partial charge on any atom is 0.301 e. The molecule has 7 nitrogen and oxygen atoms in total. The molecular weight excluding hydrogens is 462 g/mol. The molecular formula is C27H23N3O4S. The average molecular weight is 486 g/mol. The van der Waals surface area contributed by atoms with Crippen LogP contribution in [0.4, 0.5) is 5.13 Å². The van der Waals surface area contributed by atoms with Crippen molar-refractivity contribution in [3.63, 3.8) is 0 Å².